The average molecular weight is 178 g/mol. The Morgan fingerprint density at radius 1 is 1.38 bits per heavy atom. The Kier molecular flexibility index (Phi) is 3.20. The van der Waals surface area contributed by atoms with E-state index in [1.54, 1.807) is 24.3 Å². The number of carbonyl (C=O) groups excluding carboxylic acids is 1. The van der Waals surface area contributed by atoms with Gasteiger partial charge >= 0.3 is 5.97 Å². The molecule has 0 saturated heterocycles. The van der Waals surface area contributed by atoms with E-state index < -0.39 is 5.97 Å². The zero-order chi connectivity index (χ0) is 9.68. The van der Waals surface area contributed by atoms with Crippen molar-refractivity contribution in [3.63, 3.8) is 0 Å². The van der Waals surface area contributed by atoms with E-state index in [9.17, 15) is 9.59 Å². The third-order valence-corrected chi connectivity index (χ3v) is 1.78. The number of carboxylic acid groups (broad SMARTS) is 1. The summed E-state index contributed by atoms with van der Waals surface area (Å²) in [4.78, 5) is 20.8. The van der Waals surface area contributed by atoms with Crippen molar-refractivity contribution in [3.8, 4) is 0 Å². The van der Waals surface area contributed by atoms with Gasteiger partial charge in [-0.2, -0.15) is 0 Å². The number of aldehydes is 1. The summed E-state index contributed by atoms with van der Waals surface area (Å²) >= 11 is 0. The molecule has 13 heavy (non-hydrogen) atoms. The third kappa shape index (κ3) is 2.40. The lowest BCUT2D eigenvalue weighted by molar-refractivity contribution is -0.107. The fraction of sp³-hybridized carbons (Fsp3) is 0.200. The monoisotopic (exact) mass is 178 g/mol. The number of aryl methyl sites for hydroxylation is 1. The minimum atomic E-state index is -0.943. The molecule has 0 unspecified atom stereocenters. The van der Waals surface area contributed by atoms with Crippen molar-refractivity contribution in [2.75, 3.05) is 0 Å². The summed E-state index contributed by atoms with van der Waals surface area (Å²) in [7, 11) is 0. The Morgan fingerprint density at radius 2 is 2.08 bits per heavy atom. The molecule has 0 aliphatic carbocycles. The van der Waals surface area contributed by atoms with E-state index in [1.807, 2.05) is 0 Å². The standard InChI is InChI=1S/C10H10O3/c11-7-3-5-8-4-1-2-6-9(8)10(12)13/h1-2,4,6-7H,3,5H2,(H,12,13). The number of benzene rings is 1. The molecule has 0 saturated carbocycles. The number of carboxylic acids is 1. The van der Waals surface area contributed by atoms with E-state index in [-0.39, 0.29) is 5.56 Å². The Bertz CT molecular complexity index is 318. The zero-order valence-electron chi connectivity index (χ0n) is 7.06. The predicted molar refractivity (Wildman–Crippen MR) is 47.8 cm³/mol. The summed E-state index contributed by atoms with van der Waals surface area (Å²) in [6.07, 6.45) is 1.65. The average Bonchev–Trinajstić information content (AvgIpc) is 2.15. The van der Waals surface area contributed by atoms with Crippen LogP contribution in [0.15, 0.2) is 24.3 Å². The van der Waals surface area contributed by atoms with E-state index >= 15 is 0 Å². The van der Waals surface area contributed by atoms with Gasteiger partial charge in [-0.3, -0.25) is 0 Å². The summed E-state index contributed by atoms with van der Waals surface area (Å²) in [5, 5.41) is 8.78. The predicted octanol–water partition coefficient (Wildman–Crippen LogP) is 1.52. The second-order valence-electron chi connectivity index (χ2n) is 2.67. The number of rotatable bonds is 4. The summed E-state index contributed by atoms with van der Waals surface area (Å²) in [6.45, 7) is 0. The van der Waals surface area contributed by atoms with Crippen molar-refractivity contribution in [1.29, 1.82) is 0 Å². The lowest BCUT2D eigenvalue weighted by Crippen LogP contribution is -2.02. The van der Waals surface area contributed by atoms with Crippen LogP contribution in [0.5, 0.6) is 0 Å². The van der Waals surface area contributed by atoms with E-state index in [1.165, 1.54) is 0 Å². The molecule has 0 aliphatic heterocycles. The van der Waals surface area contributed by atoms with Crippen LogP contribution >= 0.6 is 0 Å². The van der Waals surface area contributed by atoms with Gasteiger partial charge in [0.2, 0.25) is 0 Å². The van der Waals surface area contributed by atoms with Crippen molar-refractivity contribution in [2.45, 2.75) is 12.8 Å². The molecule has 0 heterocycles. The first-order valence-corrected chi connectivity index (χ1v) is 4.00. The maximum Gasteiger partial charge on any atom is 0.335 e. The number of aromatic carboxylic acids is 1. The van der Waals surface area contributed by atoms with Crippen LogP contribution in [0.1, 0.15) is 22.3 Å². The molecule has 3 nitrogen and oxygen atoms in total. The normalized spacial score (nSPS) is 9.54. The maximum absolute atomic E-state index is 10.7. The van der Waals surface area contributed by atoms with E-state index in [0.29, 0.717) is 18.4 Å². The van der Waals surface area contributed by atoms with Gasteiger partial charge in [-0.05, 0) is 18.1 Å². The highest BCUT2D eigenvalue weighted by Crippen LogP contribution is 2.10. The summed E-state index contributed by atoms with van der Waals surface area (Å²) < 4.78 is 0. The highest BCUT2D eigenvalue weighted by molar-refractivity contribution is 5.89. The van der Waals surface area contributed by atoms with Crippen LogP contribution in [-0.2, 0) is 11.2 Å². The first-order valence-electron chi connectivity index (χ1n) is 4.00. The van der Waals surface area contributed by atoms with Crippen molar-refractivity contribution in [1.82, 2.24) is 0 Å². The van der Waals surface area contributed by atoms with Gasteiger partial charge in [-0.15, -0.1) is 0 Å². The number of hydrogen-bond donors (Lipinski definition) is 1. The Hall–Kier alpha value is -1.64. The number of carbonyl (C=O) groups is 2. The van der Waals surface area contributed by atoms with Gasteiger partial charge < -0.3 is 9.90 Å². The molecule has 0 atom stereocenters. The molecule has 68 valence electrons. The SMILES string of the molecule is O=CCCc1ccccc1C(=O)O. The molecule has 0 spiro atoms. The van der Waals surface area contributed by atoms with Crippen molar-refractivity contribution < 1.29 is 14.7 Å². The van der Waals surface area contributed by atoms with E-state index in [0.717, 1.165) is 6.29 Å². The number of hydrogen-bond acceptors (Lipinski definition) is 2. The molecule has 1 N–H and O–H groups in total. The molecule has 0 fully saturated rings. The molecular weight excluding hydrogens is 168 g/mol. The smallest absolute Gasteiger partial charge is 0.335 e. The van der Waals surface area contributed by atoms with Gasteiger partial charge in [0.25, 0.3) is 0 Å². The first-order chi connectivity index (χ1) is 6.25. The fourth-order valence-electron chi connectivity index (χ4n) is 1.16. The Balaban J connectivity index is 2.90. The summed E-state index contributed by atoms with van der Waals surface area (Å²) in [5.41, 5.74) is 0.992. The van der Waals surface area contributed by atoms with E-state index in [2.05, 4.69) is 0 Å². The maximum atomic E-state index is 10.7. The first kappa shape index (κ1) is 9.45. The summed E-state index contributed by atoms with van der Waals surface area (Å²) in [6, 6.07) is 6.72. The molecule has 0 bridgehead atoms. The van der Waals surface area contributed by atoms with Crippen LogP contribution < -0.4 is 0 Å². The molecule has 0 aromatic heterocycles. The van der Waals surface area contributed by atoms with Crippen LogP contribution in [0.4, 0.5) is 0 Å². The largest absolute Gasteiger partial charge is 0.478 e. The van der Waals surface area contributed by atoms with Crippen molar-refractivity contribution in [3.05, 3.63) is 35.4 Å². The minimum absolute atomic E-state index is 0.282. The highest BCUT2D eigenvalue weighted by Gasteiger charge is 2.07. The van der Waals surface area contributed by atoms with Gasteiger partial charge in [0, 0.05) is 6.42 Å². The van der Waals surface area contributed by atoms with Crippen LogP contribution in [0.2, 0.25) is 0 Å². The van der Waals surface area contributed by atoms with Gasteiger partial charge in [0.1, 0.15) is 6.29 Å². The third-order valence-electron chi connectivity index (χ3n) is 1.78. The molecule has 0 radical (unpaired) electrons. The van der Waals surface area contributed by atoms with Gasteiger partial charge in [0.15, 0.2) is 0 Å². The molecular formula is C10H10O3. The topological polar surface area (TPSA) is 54.4 Å². The lowest BCUT2D eigenvalue weighted by Gasteiger charge is -2.02. The van der Waals surface area contributed by atoms with Gasteiger partial charge in [0.05, 0.1) is 5.56 Å². The molecule has 0 aliphatic rings. The molecule has 0 amide bonds. The van der Waals surface area contributed by atoms with Crippen LogP contribution in [0, 0.1) is 0 Å². The van der Waals surface area contributed by atoms with E-state index in [4.69, 9.17) is 5.11 Å². The molecule has 1 rings (SSSR count). The zero-order valence-corrected chi connectivity index (χ0v) is 7.06. The van der Waals surface area contributed by atoms with Crippen LogP contribution in [-0.4, -0.2) is 17.4 Å². The summed E-state index contributed by atoms with van der Waals surface area (Å²) in [5.74, 6) is -0.943. The van der Waals surface area contributed by atoms with Crippen molar-refractivity contribution >= 4 is 12.3 Å². The van der Waals surface area contributed by atoms with Crippen molar-refractivity contribution in [2.24, 2.45) is 0 Å². The molecule has 1 aromatic rings. The second-order valence-corrected chi connectivity index (χ2v) is 2.67. The Morgan fingerprint density at radius 3 is 2.69 bits per heavy atom. The van der Waals surface area contributed by atoms with Gasteiger partial charge in [-0.25, -0.2) is 4.79 Å². The van der Waals surface area contributed by atoms with Crippen LogP contribution in [0.25, 0.3) is 0 Å². The fourth-order valence-corrected chi connectivity index (χ4v) is 1.16. The van der Waals surface area contributed by atoms with Gasteiger partial charge in [-0.1, -0.05) is 18.2 Å². The molecule has 3 heteroatoms. The van der Waals surface area contributed by atoms with Crippen LogP contribution in [0.3, 0.4) is 0 Å². The lowest BCUT2D eigenvalue weighted by atomic mass is 10.0. The second kappa shape index (κ2) is 4.40. The highest BCUT2D eigenvalue weighted by atomic mass is 16.4. The Labute approximate surface area is 76.0 Å². The minimum Gasteiger partial charge on any atom is -0.478 e. The molecule has 1 aromatic carbocycles. The quantitative estimate of drug-likeness (QED) is 0.711.